The Hall–Kier alpha value is -3.34. The van der Waals surface area contributed by atoms with Gasteiger partial charge in [0, 0.05) is 25.9 Å². The summed E-state index contributed by atoms with van der Waals surface area (Å²) in [6, 6.07) is 1.76. The molecule has 32 heavy (non-hydrogen) atoms. The Balaban J connectivity index is 1.79. The van der Waals surface area contributed by atoms with Gasteiger partial charge in [0.05, 0.1) is 24.8 Å². The summed E-state index contributed by atoms with van der Waals surface area (Å²) < 4.78 is 7.40. The summed E-state index contributed by atoms with van der Waals surface area (Å²) in [5.41, 5.74) is 2.39. The fraction of sp³-hybridized carbons (Fsp3) is 0.524. The number of piperidine rings is 1. The molecule has 0 amide bonds. The number of aromatic nitrogens is 6. The fourth-order valence-corrected chi connectivity index (χ4v) is 3.90. The number of aryl methyl sites for hydroxylation is 1. The molecule has 0 unspecified atom stereocenters. The number of ether oxygens (including phenoxy) is 1. The second kappa shape index (κ2) is 9.86. The van der Waals surface area contributed by atoms with Gasteiger partial charge in [0.1, 0.15) is 23.2 Å². The molecular weight excluding hydrogens is 412 g/mol. The second-order valence-electron chi connectivity index (χ2n) is 7.63. The van der Waals surface area contributed by atoms with Crippen LogP contribution in [0.4, 0.5) is 17.6 Å². The van der Waals surface area contributed by atoms with Gasteiger partial charge in [0.15, 0.2) is 5.82 Å². The molecule has 0 aromatic carbocycles. The second-order valence-corrected chi connectivity index (χ2v) is 7.63. The minimum Gasteiger partial charge on any atom is -0.481 e. The Kier molecular flexibility index (Phi) is 6.74. The standard InChI is InChI=1S/C21H28N8O3/c1-3-15-17-18(29(27-15)10-11-32-4-2)19(24-16-7-8-22-13-23-16)26-21(25-17)28-9-5-6-14(12-28)20(30)31/h7-8,13-14H,3-6,9-12H2,1-2H3,(H,30,31)(H,22,23,24,25,26)/t14-/m0/s1. The number of carbonyl (C=O) groups is 1. The molecular formula is C21H28N8O3. The van der Waals surface area contributed by atoms with Crippen molar-refractivity contribution in [2.24, 2.45) is 5.92 Å². The van der Waals surface area contributed by atoms with Gasteiger partial charge in [-0.05, 0) is 32.3 Å². The van der Waals surface area contributed by atoms with Crippen LogP contribution in [0.3, 0.4) is 0 Å². The molecule has 170 valence electrons. The molecule has 4 rings (SSSR count). The summed E-state index contributed by atoms with van der Waals surface area (Å²) in [4.78, 5) is 31.4. The normalized spacial score (nSPS) is 16.4. The van der Waals surface area contributed by atoms with Crippen molar-refractivity contribution in [1.29, 1.82) is 0 Å². The van der Waals surface area contributed by atoms with Crippen LogP contribution < -0.4 is 10.2 Å². The summed E-state index contributed by atoms with van der Waals surface area (Å²) in [5, 5.41) is 17.5. The van der Waals surface area contributed by atoms with E-state index in [2.05, 4.69) is 15.3 Å². The number of fused-ring (bicyclic) bond motifs is 1. The number of carboxylic acids is 1. The molecule has 3 aromatic rings. The molecule has 1 atom stereocenters. The zero-order valence-electron chi connectivity index (χ0n) is 18.4. The maximum atomic E-state index is 11.6. The van der Waals surface area contributed by atoms with Crippen LogP contribution in [0.2, 0.25) is 0 Å². The fourth-order valence-electron chi connectivity index (χ4n) is 3.90. The monoisotopic (exact) mass is 440 g/mol. The van der Waals surface area contributed by atoms with Crippen LogP contribution in [0.1, 0.15) is 32.4 Å². The number of anilines is 3. The molecule has 1 saturated heterocycles. The number of hydrogen-bond acceptors (Lipinski definition) is 9. The first-order valence-electron chi connectivity index (χ1n) is 11.0. The molecule has 3 aromatic heterocycles. The summed E-state index contributed by atoms with van der Waals surface area (Å²) >= 11 is 0. The molecule has 0 radical (unpaired) electrons. The van der Waals surface area contributed by atoms with Crippen molar-refractivity contribution in [3.05, 3.63) is 24.3 Å². The number of nitrogens with zero attached hydrogens (tertiary/aromatic N) is 7. The van der Waals surface area contributed by atoms with Crippen LogP contribution in [0.25, 0.3) is 11.0 Å². The van der Waals surface area contributed by atoms with Crippen molar-refractivity contribution in [3.8, 4) is 0 Å². The van der Waals surface area contributed by atoms with Crippen LogP contribution in [-0.2, 0) is 22.5 Å². The van der Waals surface area contributed by atoms with Crippen LogP contribution in [0.15, 0.2) is 18.6 Å². The quantitative estimate of drug-likeness (QED) is 0.478. The summed E-state index contributed by atoms with van der Waals surface area (Å²) in [6.07, 6.45) is 5.27. The van der Waals surface area contributed by atoms with E-state index in [4.69, 9.17) is 19.8 Å². The average Bonchev–Trinajstić information content (AvgIpc) is 3.18. The van der Waals surface area contributed by atoms with Crippen LogP contribution in [0, 0.1) is 5.92 Å². The van der Waals surface area contributed by atoms with Crippen molar-refractivity contribution in [3.63, 3.8) is 0 Å². The smallest absolute Gasteiger partial charge is 0.308 e. The van der Waals surface area contributed by atoms with E-state index < -0.39 is 11.9 Å². The molecule has 0 spiro atoms. The lowest BCUT2D eigenvalue weighted by molar-refractivity contribution is -0.141. The van der Waals surface area contributed by atoms with E-state index in [1.807, 2.05) is 23.4 Å². The minimum absolute atomic E-state index is 0.383. The number of rotatable bonds is 9. The van der Waals surface area contributed by atoms with E-state index in [1.54, 1.807) is 12.3 Å². The Morgan fingerprint density at radius 2 is 2.22 bits per heavy atom. The lowest BCUT2D eigenvalue weighted by Gasteiger charge is -2.31. The van der Waals surface area contributed by atoms with Crippen LogP contribution >= 0.6 is 0 Å². The molecule has 0 aliphatic carbocycles. The molecule has 0 bridgehead atoms. The lowest BCUT2D eigenvalue weighted by Crippen LogP contribution is -2.39. The minimum atomic E-state index is -0.784. The topological polar surface area (TPSA) is 131 Å². The lowest BCUT2D eigenvalue weighted by atomic mass is 9.99. The third-order valence-electron chi connectivity index (χ3n) is 5.51. The highest BCUT2D eigenvalue weighted by atomic mass is 16.5. The predicted octanol–water partition coefficient (Wildman–Crippen LogP) is 2.26. The summed E-state index contributed by atoms with van der Waals surface area (Å²) in [7, 11) is 0. The van der Waals surface area contributed by atoms with Gasteiger partial charge in [0.2, 0.25) is 5.95 Å². The number of aliphatic carboxylic acids is 1. The first-order chi connectivity index (χ1) is 15.6. The predicted molar refractivity (Wildman–Crippen MR) is 119 cm³/mol. The highest BCUT2D eigenvalue weighted by Gasteiger charge is 2.28. The Morgan fingerprint density at radius 3 is 2.94 bits per heavy atom. The van der Waals surface area contributed by atoms with Gasteiger partial charge in [-0.15, -0.1) is 0 Å². The van der Waals surface area contributed by atoms with Gasteiger partial charge in [-0.1, -0.05) is 6.92 Å². The van der Waals surface area contributed by atoms with Gasteiger partial charge in [-0.2, -0.15) is 10.1 Å². The Bertz CT molecular complexity index is 1070. The van der Waals surface area contributed by atoms with Gasteiger partial charge in [-0.3, -0.25) is 9.48 Å². The van der Waals surface area contributed by atoms with E-state index in [1.165, 1.54) is 6.33 Å². The maximum absolute atomic E-state index is 11.6. The number of carboxylic acid groups (broad SMARTS) is 1. The van der Waals surface area contributed by atoms with E-state index in [0.29, 0.717) is 63.3 Å². The Morgan fingerprint density at radius 1 is 1.34 bits per heavy atom. The summed E-state index contributed by atoms with van der Waals surface area (Å²) in [6.45, 7) is 6.81. The summed E-state index contributed by atoms with van der Waals surface area (Å²) in [5.74, 6) is 0.460. The van der Waals surface area contributed by atoms with Gasteiger partial charge >= 0.3 is 5.97 Å². The third kappa shape index (κ3) is 4.62. The van der Waals surface area contributed by atoms with Gasteiger partial charge in [0.25, 0.3) is 0 Å². The van der Waals surface area contributed by atoms with Gasteiger partial charge < -0.3 is 20.1 Å². The molecule has 2 N–H and O–H groups in total. The van der Waals surface area contributed by atoms with Crippen molar-refractivity contribution in [1.82, 2.24) is 29.7 Å². The first-order valence-corrected chi connectivity index (χ1v) is 11.0. The third-order valence-corrected chi connectivity index (χ3v) is 5.51. The maximum Gasteiger partial charge on any atom is 0.308 e. The SMILES string of the molecule is CCOCCn1nc(CC)c2nc(N3CCC[C@H](C(=O)O)C3)nc(Nc3ccncn3)c21. The molecule has 0 saturated carbocycles. The largest absolute Gasteiger partial charge is 0.481 e. The zero-order chi connectivity index (χ0) is 22.5. The van der Waals surface area contributed by atoms with Crippen molar-refractivity contribution in [2.45, 2.75) is 39.7 Å². The molecule has 11 heteroatoms. The van der Waals surface area contributed by atoms with E-state index in [-0.39, 0.29) is 0 Å². The van der Waals surface area contributed by atoms with Crippen LogP contribution in [-0.4, -0.2) is 67.1 Å². The average molecular weight is 441 g/mol. The van der Waals surface area contributed by atoms with E-state index >= 15 is 0 Å². The van der Waals surface area contributed by atoms with E-state index in [9.17, 15) is 9.90 Å². The number of nitrogens with one attached hydrogen (secondary N) is 1. The number of hydrogen-bond donors (Lipinski definition) is 2. The Labute approximate surface area is 185 Å². The molecule has 1 fully saturated rings. The highest BCUT2D eigenvalue weighted by Crippen LogP contribution is 2.30. The molecule has 1 aliphatic heterocycles. The van der Waals surface area contributed by atoms with Crippen molar-refractivity contribution >= 4 is 34.6 Å². The van der Waals surface area contributed by atoms with Gasteiger partial charge in [-0.25, -0.2) is 15.0 Å². The molecule has 1 aliphatic rings. The van der Waals surface area contributed by atoms with Crippen molar-refractivity contribution in [2.75, 3.05) is 36.5 Å². The van der Waals surface area contributed by atoms with Crippen molar-refractivity contribution < 1.29 is 14.6 Å². The highest BCUT2D eigenvalue weighted by molar-refractivity contribution is 5.90. The first kappa shape index (κ1) is 21.9. The zero-order valence-corrected chi connectivity index (χ0v) is 18.4. The van der Waals surface area contributed by atoms with E-state index in [0.717, 1.165) is 23.1 Å². The molecule has 4 heterocycles. The molecule has 11 nitrogen and oxygen atoms in total. The van der Waals surface area contributed by atoms with Crippen LogP contribution in [0.5, 0.6) is 0 Å².